The maximum Gasteiger partial charge on any atom is 0.252 e. The van der Waals surface area contributed by atoms with Gasteiger partial charge in [-0.25, -0.2) is 0 Å². The Bertz CT molecular complexity index is 773. The number of anilines is 2. The van der Waals surface area contributed by atoms with E-state index in [9.17, 15) is 9.59 Å². The van der Waals surface area contributed by atoms with Crippen molar-refractivity contribution in [1.29, 1.82) is 0 Å². The summed E-state index contributed by atoms with van der Waals surface area (Å²) in [5.74, 6) is -0.356. The third-order valence-corrected chi connectivity index (χ3v) is 4.66. The van der Waals surface area contributed by atoms with Gasteiger partial charge in [-0.15, -0.1) is 12.4 Å². The zero-order chi connectivity index (χ0) is 17.9. The second-order valence-corrected chi connectivity index (χ2v) is 6.47. The lowest BCUT2D eigenvalue weighted by Crippen LogP contribution is -2.52. The smallest absolute Gasteiger partial charge is 0.252 e. The normalized spacial score (nSPS) is 15.6. The van der Waals surface area contributed by atoms with E-state index in [0.29, 0.717) is 29.2 Å². The number of piperidine rings is 1. The molecule has 2 heterocycles. The van der Waals surface area contributed by atoms with E-state index < -0.39 is 5.54 Å². The van der Waals surface area contributed by atoms with Crippen LogP contribution in [0, 0.1) is 0 Å². The molecule has 0 saturated carbocycles. The molecule has 1 fully saturated rings. The summed E-state index contributed by atoms with van der Waals surface area (Å²) in [6, 6.07) is 6.82. The summed E-state index contributed by atoms with van der Waals surface area (Å²) >= 11 is 6.08. The van der Waals surface area contributed by atoms with Crippen LogP contribution in [-0.4, -0.2) is 34.7 Å². The fourth-order valence-electron chi connectivity index (χ4n) is 3.06. The Morgan fingerprint density at radius 3 is 2.62 bits per heavy atom. The second-order valence-electron chi connectivity index (χ2n) is 6.06. The quantitative estimate of drug-likeness (QED) is 0.739. The first-order valence-electron chi connectivity index (χ1n) is 8.11. The van der Waals surface area contributed by atoms with Crippen LogP contribution >= 0.6 is 24.0 Å². The molecule has 1 aliphatic rings. The first kappa shape index (κ1) is 20.2. The van der Waals surface area contributed by atoms with Crippen molar-refractivity contribution >= 4 is 47.2 Å². The average Bonchev–Trinajstić information content (AvgIpc) is 3.13. The Balaban J connectivity index is 0.00000243. The lowest BCUT2D eigenvalue weighted by Gasteiger charge is -2.36. The molecule has 0 radical (unpaired) electrons. The largest absolute Gasteiger partial charge is 0.325 e. The number of halogens is 2. The van der Waals surface area contributed by atoms with E-state index in [2.05, 4.69) is 21.0 Å². The van der Waals surface area contributed by atoms with Crippen molar-refractivity contribution < 1.29 is 9.59 Å². The Morgan fingerprint density at radius 2 is 2.00 bits per heavy atom. The molecule has 3 rings (SSSR count). The van der Waals surface area contributed by atoms with Crippen molar-refractivity contribution in [2.45, 2.75) is 25.3 Å². The predicted octanol–water partition coefficient (Wildman–Crippen LogP) is 2.63. The summed E-state index contributed by atoms with van der Waals surface area (Å²) in [6.45, 7) is 2.89. The fraction of sp³-hybridized carbons (Fsp3) is 0.353. The molecule has 0 bridgehead atoms. The van der Waals surface area contributed by atoms with Gasteiger partial charge >= 0.3 is 0 Å². The van der Waals surface area contributed by atoms with Crippen molar-refractivity contribution in [3.8, 4) is 0 Å². The number of hydrogen-bond acceptors (Lipinski definition) is 4. The van der Waals surface area contributed by atoms with Crippen LogP contribution < -0.4 is 16.0 Å². The molecule has 1 aliphatic heterocycles. The van der Waals surface area contributed by atoms with Gasteiger partial charge in [0.1, 0.15) is 5.54 Å². The Morgan fingerprint density at radius 1 is 1.27 bits per heavy atom. The van der Waals surface area contributed by atoms with Crippen LogP contribution in [-0.2, 0) is 15.1 Å². The summed E-state index contributed by atoms with van der Waals surface area (Å²) in [7, 11) is 0. The van der Waals surface area contributed by atoms with Gasteiger partial charge in [0, 0.05) is 25.0 Å². The van der Waals surface area contributed by atoms with Gasteiger partial charge in [0.15, 0.2) is 0 Å². The molecule has 3 N–H and O–H groups in total. The van der Waals surface area contributed by atoms with Crippen molar-refractivity contribution in [2.75, 3.05) is 23.7 Å². The van der Waals surface area contributed by atoms with Crippen LogP contribution in [0.4, 0.5) is 11.4 Å². The summed E-state index contributed by atoms with van der Waals surface area (Å²) < 4.78 is 1.73. The number of amides is 2. The van der Waals surface area contributed by atoms with Gasteiger partial charge in [-0.1, -0.05) is 11.6 Å². The minimum atomic E-state index is -0.734. The fourth-order valence-corrected chi connectivity index (χ4v) is 3.22. The summed E-state index contributed by atoms with van der Waals surface area (Å²) in [5, 5.41) is 13.6. The Labute approximate surface area is 162 Å². The molecule has 0 unspecified atom stereocenters. The minimum Gasteiger partial charge on any atom is -0.325 e. The molecular weight excluding hydrogens is 377 g/mol. The standard InChI is InChI=1S/C17H20ClN5O2.ClH/c1-12(24)21-15-11-13(3-4-14(15)18)22-16(25)17(5-8-19-9-6-17)23-10-2-7-20-23;/h2-4,7,10-11,19H,5-6,8-9H2,1H3,(H,21,24)(H,22,25);1H. The molecule has 1 aromatic carbocycles. The van der Waals surface area contributed by atoms with E-state index in [4.69, 9.17) is 11.6 Å². The van der Waals surface area contributed by atoms with E-state index in [0.717, 1.165) is 13.1 Å². The minimum absolute atomic E-state index is 0. The van der Waals surface area contributed by atoms with E-state index in [1.54, 1.807) is 29.1 Å². The summed E-state index contributed by atoms with van der Waals surface area (Å²) in [4.78, 5) is 24.4. The van der Waals surface area contributed by atoms with E-state index in [1.807, 2.05) is 12.3 Å². The van der Waals surface area contributed by atoms with Gasteiger partial charge < -0.3 is 16.0 Å². The van der Waals surface area contributed by atoms with Gasteiger partial charge in [-0.05, 0) is 50.2 Å². The molecule has 1 aromatic heterocycles. The topological polar surface area (TPSA) is 88.1 Å². The van der Waals surface area contributed by atoms with Crippen LogP contribution in [0.15, 0.2) is 36.7 Å². The van der Waals surface area contributed by atoms with Gasteiger partial charge in [-0.2, -0.15) is 5.10 Å². The van der Waals surface area contributed by atoms with Crippen molar-refractivity contribution in [3.63, 3.8) is 0 Å². The Kier molecular flexibility index (Phi) is 6.63. The average molecular weight is 398 g/mol. The third-order valence-electron chi connectivity index (χ3n) is 4.33. The lowest BCUT2D eigenvalue weighted by atomic mass is 9.87. The number of carbonyl (C=O) groups is 2. The van der Waals surface area contributed by atoms with Crippen molar-refractivity contribution in [2.24, 2.45) is 0 Å². The van der Waals surface area contributed by atoms with E-state index in [-0.39, 0.29) is 24.2 Å². The highest BCUT2D eigenvalue weighted by Gasteiger charge is 2.42. The predicted molar refractivity (Wildman–Crippen MR) is 104 cm³/mol. The van der Waals surface area contributed by atoms with Crippen LogP contribution in [0.3, 0.4) is 0 Å². The molecular formula is C17H21Cl2N5O2. The van der Waals surface area contributed by atoms with Crippen molar-refractivity contribution in [3.05, 3.63) is 41.7 Å². The summed E-state index contributed by atoms with van der Waals surface area (Å²) in [5.41, 5.74) is 0.302. The molecule has 0 spiro atoms. The van der Waals surface area contributed by atoms with E-state index >= 15 is 0 Å². The molecule has 2 aromatic rings. The lowest BCUT2D eigenvalue weighted by molar-refractivity contribution is -0.126. The number of benzene rings is 1. The maximum atomic E-state index is 13.1. The third kappa shape index (κ3) is 4.17. The number of aromatic nitrogens is 2. The molecule has 0 aliphatic carbocycles. The molecule has 9 heteroatoms. The van der Waals surface area contributed by atoms with Gasteiger partial charge in [0.05, 0.1) is 10.7 Å². The number of carbonyl (C=O) groups excluding carboxylic acids is 2. The van der Waals surface area contributed by atoms with Crippen LogP contribution in [0.25, 0.3) is 0 Å². The molecule has 1 saturated heterocycles. The molecule has 2 amide bonds. The van der Waals surface area contributed by atoms with Crippen LogP contribution in [0.5, 0.6) is 0 Å². The SMILES string of the molecule is CC(=O)Nc1cc(NC(=O)C2(n3cccn3)CCNCC2)ccc1Cl.Cl. The highest BCUT2D eigenvalue weighted by atomic mass is 35.5. The van der Waals surface area contributed by atoms with E-state index in [1.165, 1.54) is 6.92 Å². The number of nitrogens with zero attached hydrogens (tertiary/aromatic N) is 2. The first-order valence-corrected chi connectivity index (χ1v) is 8.48. The number of hydrogen-bond donors (Lipinski definition) is 3. The first-order chi connectivity index (χ1) is 12.0. The second kappa shape index (κ2) is 8.53. The highest BCUT2D eigenvalue weighted by Crippen LogP contribution is 2.30. The zero-order valence-electron chi connectivity index (χ0n) is 14.3. The van der Waals surface area contributed by atoms with Crippen molar-refractivity contribution in [1.82, 2.24) is 15.1 Å². The van der Waals surface area contributed by atoms with Gasteiger partial charge in [-0.3, -0.25) is 14.3 Å². The van der Waals surface area contributed by atoms with Crippen LogP contribution in [0.1, 0.15) is 19.8 Å². The number of nitrogens with one attached hydrogen (secondary N) is 3. The molecule has 26 heavy (non-hydrogen) atoms. The Hall–Kier alpha value is -2.09. The van der Waals surface area contributed by atoms with Crippen LogP contribution in [0.2, 0.25) is 5.02 Å². The molecule has 7 nitrogen and oxygen atoms in total. The monoisotopic (exact) mass is 397 g/mol. The van der Waals surface area contributed by atoms with Gasteiger partial charge in [0.2, 0.25) is 5.91 Å². The highest BCUT2D eigenvalue weighted by molar-refractivity contribution is 6.33. The summed E-state index contributed by atoms with van der Waals surface area (Å²) in [6.07, 6.45) is 4.78. The molecule has 0 atom stereocenters. The number of rotatable bonds is 4. The zero-order valence-corrected chi connectivity index (χ0v) is 15.9. The molecule has 140 valence electrons. The van der Waals surface area contributed by atoms with Gasteiger partial charge in [0.25, 0.3) is 5.91 Å². The maximum absolute atomic E-state index is 13.1.